The van der Waals surface area contributed by atoms with Gasteiger partial charge in [0.05, 0.1) is 19.1 Å². The van der Waals surface area contributed by atoms with Crippen LogP contribution in [0.3, 0.4) is 0 Å². The first-order valence-corrected chi connectivity index (χ1v) is 8.92. The Morgan fingerprint density at radius 3 is 2.17 bits per heavy atom. The summed E-state index contributed by atoms with van der Waals surface area (Å²) in [6.07, 6.45) is 1.24. The SMILES string of the molecule is CC(C)C[C@H](NC(C)(C)C)/C(=N/OC(=O)CC(C)(C)C)[C@@]1(C)CO1. The molecular formula is C19H36N2O3. The molecule has 0 amide bonds. The summed E-state index contributed by atoms with van der Waals surface area (Å²) < 4.78 is 5.61. The zero-order valence-electron chi connectivity index (χ0n) is 16.9. The quantitative estimate of drug-likeness (QED) is 0.330. The molecule has 2 atom stereocenters. The average molecular weight is 341 g/mol. The lowest BCUT2D eigenvalue weighted by atomic mass is 9.90. The van der Waals surface area contributed by atoms with Gasteiger partial charge in [0.25, 0.3) is 0 Å². The molecule has 0 spiro atoms. The van der Waals surface area contributed by atoms with Gasteiger partial charge in [-0.15, -0.1) is 0 Å². The summed E-state index contributed by atoms with van der Waals surface area (Å²) in [5, 5.41) is 7.86. The van der Waals surface area contributed by atoms with Crippen LogP contribution in [0.1, 0.15) is 75.2 Å². The van der Waals surface area contributed by atoms with Crippen LogP contribution >= 0.6 is 0 Å². The monoisotopic (exact) mass is 340 g/mol. The molecule has 1 fully saturated rings. The Bertz CT molecular complexity index is 466. The number of epoxide rings is 1. The third-order valence-electron chi connectivity index (χ3n) is 3.68. The van der Waals surface area contributed by atoms with Crippen molar-refractivity contribution >= 4 is 11.7 Å². The lowest BCUT2D eigenvalue weighted by molar-refractivity contribution is -0.145. The Labute approximate surface area is 147 Å². The van der Waals surface area contributed by atoms with E-state index in [1.165, 1.54) is 0 Å². The number of hydrogen-bond donors (Lipinski definition) is 1. The summed E-state index contributed by atoms with van der Waals surface area (Å²) in [6, 6.07) is 0.0138. The second-order valence-corrected chi connectivity index (χ2v) is 9.77. The van der Waals surface area contributed by atoms with Gasteiger partial charge in [0.2, 0.25) is 0 Å². The van der Waals surface area contributed by atoms with Crippen molar-refractivity contribution < 1.29 is 14.4 Å². The van der Waals surface area contributed by atoms with Crippen LogP contribution in [0, 0.1) is 11.3 Å². The molecule has 1 N–H and O–H groups in total. The van der Waals surface area contributed by atoms with Crippen molar-refractivity contribution in [1.82, 2.24) is 5.32 Å². The molecule has 1 saturated heterocycles. The van der Waals surface area contributed by atoms with Gasteiger partial charge >= 0.3 is 5.97 Å². The molecule has 5 nitrogen and oxygen atoms in total. The number of rotatable bonds is 7. The maximum absolute atomic E-state index is 12.0. The summed E-state index contributed by atoms with van der Waals surface area (Å²) in [6.45, 7) is 19.4. The van der Waals surface area contributed by atoms with Gasteiger partial charge in [-0.1, -0.05) is 39.8 Å². The van der Waals surface area contributed by atoms with Crippen LogP contribution in [0.2, 0.25) is 0 Å². The molecular weight excluding hydrogens is 304 g/mol. The maximum atomic E-state index is 12.0. The molecule has 1 heterocycles. The van der Waals surface area contributed by atoms with Gasteiger partial charge in [0.15, 0.2) is 0 Å². The highest BCUT2D eigenvalue weighted by atomic mass is 16.7. The fourth-order valence-corrected chi connectivity index (χ4v) is 2.58. The Hall–Kier alpha value is -0.940. The molecule has 0 aliphatic carbocycles. The number of carbonyl (C=O) groups is 1. The zero-order valence-corrected chi connectivity index (χ0v) is 16.9. The number of oxime groups is 1. The molecule has 1 aliphatic rings. The molecule has 24 heavy (non-hydrogen) atoms. The zero-order chi connectivity index (χ0) is 18.8. The Kier molecular flexibility index (Phi) is 6.62. The Morgan fingerprint density at radius 1 is 1.25 bits per heavy atom. The normalized spacial score (nSPS) is 23.3. The topological polar surface area (TPSA) is 63.2 Å². The Morgan fingerprint density at radius 2 is 1.79 bits per heavy atom. The smallest absolute Gasteiger partial charge is 0.335 e. The van der Waals surface area contributed by atoms with Crippen LogP contribution in [-0.4, -0.2) is 35.5 Å². The molecule has 0 saturated carbocycles. The van der Waals surface area contributed by atoms with E-state index < -0.39 is 5.60 Å². The van der Waals surface area contributed by atoms with Crippen LogP contribution in [0.15, 0.2) is 5.16 Å². The molecule has 1 rings (SSSR count). The van der Waals surface area contributed by atoms with E-state index in [1.54, 1.807) is 0 Å². The van der Waals surface area contributed by atoms with Gasteiger partial charge in [-0.2, -0.15) is 0 Å². The predicted molar refractivity (Wildman–Crippen MR) is 98.1 cm³/mol. The van der Waals surface area contributed by atoms with E-state index >= 15 is 0 Å². The maximum Gasteiger partial charge on any atom is 0.335 e. The van der Waals surface area contributed by atoms with E-state index in [9.17, 15) is 4.79 Å². The van der Waals surface area contributed by atoms with Gasteiger partial charge < -0.3 is 14.9 Å². The molecule has 0 unspecified atom stereocenters. The van der Waals surface area contributed by atoms with Crippen molar-refractivity contribution in [2.75, 3.05) is 6.61 Å². The summed E-state index contributed by atoms with van der Waals surface area (Å²) in [4.78, 5) is 17.3. The minimum atomic E-state index is -0.431. The van der Waals surface area contributed by atoms with Crippen molar-refractivity contribution in [3.05, 3.63) is 0 Å². The molecule has 140 valence electrons. The van der Waals surface area contributed by atoms with E-state index in [4.69, 9.17) is 9.57 Å². The minimum absolute atomic E-state index is 0.0138. The molecule has 0 aromatic carbocycles. The highest BCUT2D eigenvalue weighted by Gasteiger charge is 2.49. The molecule has 0 bridgehead atoms. The van der Waals surface area contributed by atoms with E-state index in [2.05, 4.69) is 45.1 Å². The van der Waals surface area contributed by atoms with Crippen LogP contribution in [-0.2, 0) is 14.4 Å². The van der Waals surface area contributed by atoms with Crippen molar-refractivity contribution in [2.45, 2.75) is 92.3 Å². The second-order valence-electron chi connectivity index (χ2n) is 9.77. The summed E-state index contributed by atoms with van der Waals surface area (Å²) >= 11 is 0. The van der Waals surface area contributed by atoms with Gasteiger partial charge in [-0.25, -0.2) is 4.79 Å². The molecule has 0 radical (unpaired) electrons. The molecule has 5 heteroatoms. The molecule has 0 aromatic rings. The number of hydrogen-bond acceptors (Lipinski definition) is 5. The fraction of sp³-hybridized carbons (Fsp3) is 0.895. The number of nitrogens with one attached hydrogen (secondary N) is 1. The summed E-state index contributed by atoms with van der Waals surface area (Å²) in [7, 11) is 0. The van der Waals surface area contributed by atoms with Crippen LogP contribution in [0.25, 0.3) is 0 Å². The first-order chi connectivity index (χ1) is 10.7. The van der Waals surface area contributed by atoms with Crippen LogP contribution in [0.5, 0.6) is 0 Å². The third-order valence-corrected chi connectivity index (χ3v) is 3.68. The second kappa shape index (κ2) is 7.52. The largest absolute Gasteiger partial charge is 0.363 e. The summed E-state index contributed by atoms with van der Waals surface area (Å²) in [5.74, 6) is 0.186. The fourth-order valence-electron chi connectivity index (χ4n) is 2.58. The predicted octanol–water partition coefficient (Wildman–Crippen LogP) is 3.91. The number of ether oxygens (including phenoxy) is 1. The van der Waals surface area contributed by atoms with Gasteiger partial charge in [0, 0.05) is 5.54 Å². The highest BCUT2D eigenvalue weighted by Crippen LogP contribution is 2.32. The van der Waals surface area contributed by atoms with Crippen molar-refractivity contribution in [3.8, 4) is 0 Å². The minimum Gasteiger partial charge on any atom is -0.363 e. The van der Waals surface area contributed by atoms with Crippen molar-refractivity contribution in [1.29, 1.82) is 0 Å². The number of carbonyl (C=O) groups excluding carboxylic acids is 1. The van der Waals surface area contributed by atoms with Crippen molar-refractivity contribution in [3.63, 3.8) is 0 Å². The summed E-state index contributed by atoms with van der Waals surface area (Å²) in [5.41, 5.74) is 0.169. The van der Waals surface area contributed by atoms with E-state index in [1.807, 2.05) is 27.7 Å². The van der Waals surface area contributed by atoms with Crippen LogP contribution in [0.4, 0.5) is 0 Å². The van der Waals surface area contributed by atoms with Gasteiger partial charge in [-0.3, -0.25) is 0 Å². The van der Waals surface area contributed by atoms with E-state index in [0.29, 0.717) is 18.9 Å². The van der Waals surface area contributed by atoms with Crippen LogP contribution < -0.4 is 5.32 Å². The molecule has 1 aliphatic heterocycles. The van der Waals surface area contributed by atoms with Crippen molar-refractivity contribution in [2.24, 2.45) is 16.5 Å². The average Bonchev–Trinajstić information content (AvgIpc) is 3.02. The van der Waals surface area contributed by atoms with E-state index in [-0.39, 0.29) is 23.0 Å². The lowest BCUT2D eigenvalue weighted by Crippen LogP contribution is -2.51. The molecule has 0 aromatic heterocycles. The first kappa shape index (κ1) is 21.1. The first-order valence-electron chi connectivity index (χ1n) is 8.92. The number of nitrogens with zero attached hydrogens (tertiary/aromatic N) is 1. The lowest BCUT2D eigenvalue weighted by Gasteiger charge is -2.31. The standard InChI is InChI=1S/C19H36N2O3/c1-13(2)10-14(20-18(6,7)8)16(19(9)12-23-19)21-24-15(22)11-17(3,4)5/h13-14,20H,10-12H2,1-9H3/b21-16-/t14-,19+/m0/s1. The van der Waals surface area contributed by atoms with Gasteiger partial charge in [-0.05, 0) is 45.4 Å². The highest BCUT2D eigenvalue weighted by molar-refractivity contribution is 5.98. The third kappa shape index (κ3) is 7.75. The Balaban J connectivity index is 2.96. The van der Waals surface area contributed by atoms with E-state index in [0.717, 1.165) is 12.1 Å². The van der Waals surface area contributed by atoms with Gasteiger partial charge in [0.1, 0.15) is 11.3 Å².